The molecule has 1 atom stereocenters. The lowest BCUT2D eigenvalue weighted by Gasteiger charge is -2.21. The first-order chi connectivity index (χ1) is 7.48. The molecule has 1 saturated heterocycles. The molecule has 16 heavy (non-hydrogen) atoms. The van der Waals surface area contributed by atoms with Gasteiger partial charge in [0.25, 0.3) is 0 Å². The van der Waals surface area contributed by atoms with Crippen LogP contribution in [-0.4, -0.2) is 31.3 Å². The molecule has 0 aromatic heterocycles. The van der Waals surface area contributed by atoms with Gasteiger partial charge >= 0.3 is 0 Å². The van der Waals surface area contributed by atoms with Crippen molar-refractivity contribution in [1.82, 2.24) is 4.31 Å². The summed E-state index contributed by atoms with van der Waals surface area (Å²) in [4.78, 5) is 0. The molecular formula is C10H12ClNO2S2. The van der Waals surface area contributed by atoms with Crippen LogP contribution in [0.15, 0.2) is 24.3 Å². The quantitative estimate of drug-likeness (QED) is 0.833. The minimum Gasteiger partial charge on any atom is -0.212 e. The molecule has 0 unspecified atom stereocenters. The lowest BCUT2D eigenvalue weighted by molar-refractivity contribution is 0.439. The number of hydrogen-bond donors (Lipinski definition) is 0. The van der Waals surface area contributed by atoms with Gasteiger partial charge in [0.1, 0.15) is 0 Å². The molecule has 1 aliphatic heterocycles. The van der Waals surface area contributed by atoms with Crippen molar-refractivity contribution in [3.05, 3.63) is 34.9 Å². The summed E-state index contributed by atoms with van der Waals surface area (Å²) in [5.74, 6) is 0.834. The standard InChI is InChI=1S/C10H12ClNO2S2/c1-16(13,14)12-6-7-15-10(12)8-2-4-9(11)5-3-8/h2-5,10H,6-7H2,1H3/t10-/m0/s1. The highest BCUT2D eigenvalue weighted by molar-refractivity contribution is 8.00. The fourth-order valence-electron chi connectivity index (χ4n) is 1.68. The molecule has 0 bridgehead atoms. The second kappa shape index (κ2) is 4.56. The van der Waals surface area contributed by atoms with E-state index in [4.69, 9.17) is 11.6 Å². The first kappa shape index (κ1) is 12.2. The third kappa shape index (κ3) is 2.53. The van der Waals surface area contributed by atoms with Gasteiger partial charge in [-0.3, -0.25) is 0 Å². The van der Waals surface area contributed by atoms with Crippen LogP contribution in [0.4, 0.5) is 0 Å². The second-order valence-corrected chi connectivity index (χ2v) is 7.21. The Hall–Kier alpha value is -0.230. The van der Waals surface area contributed by atoms with Crippen LogP contribution in [0.5, 0.6) is 0 Å². The molecule has 0 amide bonds. The zero-order valence-electron chi connectivity index (χ0n) is 8.76. The summed E-state index contributed by atoms with van der Waals surface area (Å²) in [6, 6.07) is 7.33. The number of benzene rings is 1. The van der Waals surface area contributed by atoms with Gasteiger partial charge in [-0.1, -0.05) is 23.7 Å². The molecule has 88 valence electrons. The number of thioether (sulfide) groups is 1. The Morgan fingerprint density at radius 3 is 2.56 bits per heavy atom. The number of halogens is 1. The molecule has 0 aliphatic carbocycles. The van der Waals surface area contributed by atoms with Gasteiger partial charge in [-0.15, -0.1) is 11.8 Å². The molecule has 0 N–H and O–H groups in total. The van der Waals surface area contributed by atoms with Gasteiger partial charge in [-0.25, -0.2) is 8.42 Å². The zero-order valence-corrected chi connectivity index (χ0v) is 11.1. The van der Waals surface area contributed by atoms with Crippen LogP contribution < -0.4 is 0 Å². The van der Waals surface area contributed by atoms with E-state index >= 15 is 0 Å². The molecule has 1 fully saturated rings. The predicted molar refractivity (Wildman–Crippen MR) is 68.2 cm³/mol. The van der Waals surface area contributed by atoms with E-state index in [-0.39, 0.29) is 5.37 Å². The third-order valence-electron chi connectivity index (χ3n) is 2.43. The van der Waals surface area contributed by atoms with E-state index in [1.165, 1.54) is 10.6 Å². The van der Waals surface area contributed by atoms with Crippen molar-refractivity contribution >= 4 is 33.4 Å². The van der Waals surface area contributed by atoms with E-state index in [9.17, 15) is 8.42 Å². The van der Waals surface area contributed by atoms with E-state index in [1.54, 1.807) is 23.9 Å². The van der Waals surface area contributed by atoms with E-state index in [1.807, 2.05) is 12.1 Å². The maximum absolute atomic E-state index is 11.6. The molecule has 3 nitrogen and oxygen atoms in total. The molecule has 0 spiro atoms. The molecule has 1 aromatic carbocycles. The summed E-state index contributed by atoms with van der Waals surface area (Å²) in [7, 11) is -3.13. The van der Waals surface area contributed by atoms with E-state index < -0.39 is 10.0 Å². The fourth-order valence-corrected chi connectivity index (χ4v) is 4.62. The minimum atomic E-state index is -3.13. The van der Waals surface area contributed by atoms with Gasteiger partial charge in [-0.05, 0) is 17.7 Å². The Bertz CT molecular complexity index is 472. The first-order valence-electron chi connectivity index (χ1n) is 4.82. The van der Waals surface area contributed by atoms with Crippen LogP contribution in [0.25, 0.3) is 0 Å². The monoisotopic (exact) mass is 277 g/mol. The first-order valence-corrected chi connectivity index (χ1v) is 8.10. The molecule has 2 rings (SSSR count). The smallest absolute Gasteiger partial charge is 0.212 e. The third-order valence-corrected chi connectivity index (χ3v) is 5.32. The second-order valence-electron chi connectivity index (χ2n) is 3.65. The summed E-state index contributed by atoms with van der Waals surface area (Å²) in [5.41, 5.74) is 0.984. The van der Waals surface area contributed by atoms with Gasteiger partial charge in [0.15, 0.2) is 0 Å². The molecule has 1 aliphatic rings. The Morgan fingerprint density at radius 1 is 1.38 bits per heavy atom. The van der Waals surface area contributed by atoms with Gasteiger partial charge in [0, 0.05) is 17.3 Å². The predicted octanol–water partition coefficient (Wildman–Crippen LogP) is 2.35. The van der Waals surface area contributed by atoms with Crippen LogP contribution in [0, 0.1) is 0 Å². The van der Waals surface area contributed by atoms with Crippen LogP contribution in [-0.2, 0) is 10.0 Å². The summed E-state index contributed by atoms with van der Waals surface area (Å²) in [5, 5.41) is 0.560. The lowest BCUT2D eigenvalue weighted by Crippen LogP contribution is -2.29. The SMILES string of the molecule is CS(=O)(=O)N1CCS[C@H]1c1ccc(Cl)cc1. The molecule has 0 saturated carbocycles. The van der Waals surface area contributed by atoms with E-state index in [0.717, 1.165) is 11.3 Å². The average Bonchev–Trinajstić information content (AvgIpc) is 2.66. The van der Waals surface area contributed by atoms with Crippen molar-refractivity contribution in [3.63, 3.8) is 0 Å². The zero-order chi connectivity index (χ0) is 11.8. The highest BCUT2D eigenvalue weighted by atomic mass is 35.5. The summed E-state index contributed by atoms with van der Waals surface area (Å²) in [6.07, 6.45) is 1.25. The Balaban J connectivity index is 2.30. The molecule has 0 radical (unpaired) electrons. The van der Waals surface area contributed by atoms with Gasteiger partial charge in [-0.2, -0.15) is 4.31 Å². The van der Waals surface area contributed by atoms with Crippen molar-refractivity contribution in [2.45, 2.75) is 5.37 Å². The minimum absolute atomic E-state index is 0.104. The number of hydrogen-bond acceptors (Lipinski definition) is 3. The Kier molecular flexibility index (Phi) is 3.49. The topological polar surface area (TPSA) is 37.4 Å². The Labute approximate surface area is 105 Å². The van der Waals surface area contributed by atoms with Crippen LogP contribution >= 0.6 is 23.4 Å². The molecular weight excluding hydrogens is 266 g/mol. The normalized spacial score (nSPS) is 22.5. The summed E-state index contributed by atoms with van der Waals surface area (Å²) in [6.45, 7) is 0.580. The summed E-state index contributed by atoms with van der Waals surface area (Å²) >= 11 is 7.45. The van der Waals surface area contributed by atoms with Crippen molar-refractivity contribution in [3.8, 4) is 0 Å². The number of rotatable bonds is 2. The number of sulfonamides is 1. The lowest BCUT2D eigenvalue weighted by atomic mass is 10.2. The molecule has 6 heteroatoms. The molecule has 1 heterocycles. The Morgan fingerprint density at radius 2 is 2.00 bits per heavy atom. The largest absolute Gasteiger partial charge is 0.212 e. The van der Waals surface area contributed by atoms with E-state index in [0.29, 0.717) is 11.6 Å². The van der Waals surface area contributed by atoms with E-state index in [2.05, 4.69) is 0 Å². The van der Waals surface area contributed by atoms with Crippen LogP contribution in [0.1, 0.15) is 10.9 Å². The van der Waals surface area contributed by atoms with Crippen LogP contribution in [0.2, 0.25) is 5.02 Å². The van der Waals surface area contributed by atoms with Crippen molar-refractivity contribution in [2.75, 3.05) is 18.6 Å². The van der Waals surface area contributed by atoms with Crippen molar-refractivity contribution in [1.29, 1.82) is 0 Å². The van der Waals surface area contributed by atoms with Gasteiger partial charge in [0.05, 0.1) is 11.6 Å². The van der Waals surface area contributed by atoms with Crippen molar-refractivity contribution < 1.29 is 8.42 Å². The van der Waals surface area contributed by atoms with Gasteiger partial charge < -0.3 is 0 Å². The maximum Gasteiger partial charge on any atom is 0.212 e. The summed E-state index contributed by atoms with van der Waals surface area (Å²) < 4.78 is 24.7. The van der Waals surface area contributed by atoms with Gasteiger partial charge in [0.2, 0.25) is 10.0 Å². The maximum atomic E-state index is 11.6. The fraction of sp³-hybridized carbons (Fsp3) is 0.400. The highest BCUT2D eigenvalue weighted by Gasteiger charge is 2.32. The van der Waals surface area contributed by atoms with Crippen molar-refractivity contribution in [2.24, 2.45) is 0 Å². The van der Waals surface area contributed by atoms with Crippen LogP contribution in [0.3, 0.4) is 0 Å². The average molecular weight is 278 g/mol. The molecule has 1 aromatic rings. The highest BCUT2D eigenvalue weighted by Crippen LogP contribution is 2.39. The number of nitrogens with zero attached hydrogens (tertiary/aromatic N) is 1.